The average Bonchev–Trinajstić information content (AvgIpc) is 2.44. The van der Waals surface area contributed by atoms with Gasteiger partial charge in [-0.05, 0) is 22.5 Å². The van der Waals surface area contributed by atoms with Crippen LogP contribution in [0.2, 0.25) is 5.02 Å². The molecule has 110 valence electrons. The molecule has 0 aromatic heterocycles. The van der Waals surface area contributed by atoms with Crippen LogP contribution in [0.3, 0.4) is 0 Å². The maximum atomic E-state index is 11.2. The highest BCUT2D eigenvalue weighted by atomic mass is 79.9. The number of nitrogen functional groups attached to an aromatic ring is 1. The fraction of sp³-hybridized carbons (Fsp3) is 0.500. The first-order chi connectivity index (χ1) is 9.45. The van der Waals surface area contributed by atoms with E-state index in [9.17, 15) is 10.1 Å². The second kappa shape index (κ2) is 6.15. The predicted molar refractivity (Wildman–Crippen MR) is 84.5 cm³/mol. The lowest BCUT2D eigenvalue weighted by Crippen LogP contribution is -2.46. The number of nitro benzene ring substituents is 1. The zero-order valence-corrected chi connectivity index (χ0v) is 13.4. The van der Waals surface area contributed by atoms with E-state index in [1.807, 2.05) is 4.90 Å². The van der Waals surface area contributed by atoms with Crippen molar-refractivity contribution in [3.05, 3.63) is 25.7 Å². The maximum absolute atomic E-state index is 11.2. The minimum Gasteiger partial charge on any atom is -0.397 e. The zero-order chi connectivity index (χ0) is 14.9. The molecule has 0 saturated carbocycles. The second-order valence-electron chi connectivity index (χ2n) is 4.63. The average molecular weight is 364 g/mol. The van der Waals surface area contributed by atoms with E-state index in [0.717, 1.165) is 32.7 Å². The van der Waals surface area contributed by atoms with E-state index in [0.29, 0.717) is 15.8 Å². The van der Waals surface area contributed by atoms with Crippen LogP contribution in [-0.2, 0) is 0 Å². The van der Waals surface area contributed by atoms with Crippen LogP contribution in [0.5, 0.6) is 0 Å². The summed E-state index contributed by atoms with van der Waals surface area (Å²) in [6.07, 6.45) is 0. The third-order valence-electron chi connectivity index (χ3n) is 3.54. The molecule has 1 aliphatic rings. The van der Waals surface area contributed by atoms with Gasteiger partial charge in [0.15, 0.2) is 0 Å². The topological polar surface area (TPSA) is 75.6 Å². The van der Waals surface area contributed by atoms with E-state index in [4.69, 9.17) is 17.3 Å². The summed E-state index contributed by atoms with van der Waals surface area (Å²) in [6.45, 7) is 6.31. The summed E-state index contributed by atoms with van der Waals surface area (Å²) < 4.78 is 0.502. The molecule has 0 spiro atoms. The van der Waals surface area contributed by atoms with Gasteiger partial charge in [0.25, 0.3) is 5.69 Å². The molecule has 1 fully saturated rings. The lowest BCUT2D eigenvalue weighted by molar-refractivity contribution is -0.384. The van der Waals surface area contributed by atoms with Gasteiger partial charge in [-0.15, -0.1) is 0 Å². The van der Waals surface area contributed by atoms with E-state index in [1.165, 1.54) is 6.07 Å². The summed E-state index contributed by atoms with van der Waals surface area (Å²) in [4.78, 5) is 15.1. The monoisotopic (exact) mass is 362 g/mol. The number of nitrogens with zero attached hydrogens (tertiary/aromatic N) is 3. The van der Waals surface area contributed by atoms with Gasteiger partial charge in [-0.1, -0.05) is 18.5 Å². The molecular formula is C12H16BrClN4O2. The molecule has 1 aliphatic heterocycles. The van der Waals surface area contributed by atoms with Gasteiger partial charge in [-0.3, -0.25) is 10.1 Å². The molecule has 6 nitrogen and oxygen atoms in total. The number of rotatable bonds is 3. The number of nitro groups is 1. The Morgan fingerprint density at radius 1 is 1.45 bits per heavy atom. The summed E-state index contributed by atoms with van der Waals surface area (Å²) in [6, 6.07) is 1.32. The van der Waals surface area contributed by atoms with E-state index < -0.39 is 4.92 Å². The van der Waals surface area contributed by atoms with Crippen LogP contribution in [0.4, 0.5) is 17.1 Å². The van der Waals surface area contributed by atoms with Crippen LogP contribution < -0.4 is 10.6 Å². The number of piperazine rings is 1. The zero-order valence-electron chi connectivity index (χ0n) is 11.1. The largest absolute Gasteiger partial charge is 0.397 e. The van der Waals surface area contributed by atoms with Crippen LogP contribution >= 0.6 is 27.5 Å². The number of hydrogen-bond acceptors (Lipinski definition) is 5. The van der Waals surface area contributed by atoms with Crippen molar-refractivity contribution in [1.29, 1.82) is 0 Å². The van der Waals surface area contributed by atoms with Crippen LogP contribution in [0, 0.1) is 10.1 Å². The van der Waals surface area contributed by atoms with E-state index in [2.05, 4.69) is 27.8 Å². The molecule has 0 bridgehead atoms. The Bertz CT molecular complexity index is 533. The first kappa shape index (κ1) is 15.3. The molecule has 1 heterocycles. The number of benzene rings is 1. The normalized spacial score (nSPS) is 16.4. The third-order valence-corrected chi connectivity index (χ3v) is 4.66. The lowest BCUT2D eigenvalue weighted by Gasteiger charge is -2.35. The van der Waals surface area contributed by atoms with E-state index in [-0.39, 0.29) is 10.7 Å². The fourth-order valence-electron chi connectivity index (χ4n) is 2.34. The molecule has 0 unspecified atom stereocenters. The minimum atomic E-state index is -0.419. The van der Waals surface area contributed by atoms with Crippen LogP contribution in [0.15, 0.2) is 10.5 Å². The molecule has 0 atom stereocenters. The fourth-order valence-corrected chi connectivity index (χ4v) is 3.32. The Labute approximate surface area is 130 Å². The third kappa shape index (κ3) is 2.84. The van der Waals surface area contributed by atoms with Gasteiger partial charge >= 0.3 is 0 Å². The van der Waals surface area contributed by atoms with Crippen LogP contribution in [-0.4, -0.2) is 42.5 Å². The van der Waals surface area contributed by atoms with Crippen molar-refractivity contribution in [1.82, 2.24) is 4.90 Å². The molecule has 0 aliphatic carbocycles. The van der Waals surface area contributed by atoms with Crippen molar-refractivity contribution in [2.75, 3.05) is 43.4 Å². The smallest absolute Gasteiger partial charge is 0.295 e. The molecule has 20 heavy (non-hydrogen) atoms. The van der Waals surface area contributed by atoms with Crippen molar-refractivity contribution in [3.8, 4) is 0 Å². The van der Waals surface area contributed by atoms with Gasteiger partial charge in [-0.2, -0.15) is 0 Å². The molecule has 0 amide bonds. The highest BCUT2D eigenvalue weighted by Gasteiger charge is 2.28. The van der Waals surface area contributed by atoms with Crippen molar-refractivity contribution >= 4 is 44.6 Å². The summed E-state index contributed by atoms with van der Waals surface area (Å²) in [7, 11) is 0. The van der Waals surface area contributed by atoms with Gasteiger partial charge in [0.05, 0.1) is 20.1 Å². The number of halogens is 2. The summed E-state index contributed by atoms with van der Waals surface area (Å²) in [5.74, 6) is 0. The lowest BCUT2D eigenvalue weighted by atomic mass is 10.2. The molecule has 2 rings (SSSR count). The molecule has 8 heteroatoms. The number of nitrogens with two attached hydrogens (primary N) is 1. The van der Waals surface area contributed by atoms with E-state index >= 15 is 0 Å². The Morgan fingerprint density at radius 3 is 2.55 bits per heavy atom. The van der Waals surface area contributed by atoms with Crippen molar-refractivity contribution in [2.24, 2.45) is 0 Å². The SMILES string of the molecule is CCN1CCN(c2c([N+](=O)[O-])cc(Cl)c(N)c2Br)CC1. The second-order valence-corrected chi connectivity index (χ2v) is 5.83. The molecule has 0 radical (unpaired) electrons. The number of hydrogen-bond donors (Lipinski definition) is 1. The summed E-state index contributed by atoms with van der Waals surface area (Å²) in [5, 5.41) is 11.4. The Balaban J connectivity index is 2.40. The molecule has 1 aromatic carbocycles. The Hall–Kier alpha value is -1.05. The Morgan fingerprint density at radius 2 is 2.05 bits per heavy atom. The maximum Gasteiger partial charge on any atom is 0.295 e. The first-order valence-corrected chi connectivity index (χ1v) is 7.52. The minimum absolute atomic E-state index is 0.0129. The highest BCUT2D eigenvalue weighted by molar-refractivity contribution is 9.10. The van der Waals surface area contributed by atoms with Gasteiger partial charge in [0, 0.05) is 32.2 Å². The van der Waals surface area contributed by atoms with E-state index in [1.54, 1.807) is 0 Å². The quantitative estimate of drug-likeness (QED) is 0.508. The molecule has 1 saturated heterocycles. The van der Waals surface area contributed by atoms with Crippen molar-refractivity contribution in [3.63, 3.8) is 0 Å². The van der Waals surface area contributed by atoms with Gasteiger partial charge < -0.3 is 15.5 Å². The number of likely N-dealkylation sites (N-methyl/N-ethyl adjacent to an activating group) is 1. The van der Waals surface area contributed by atoms with Gasteiger partial charge in [0.1, 0.15) is 5.69 Å². The van der Waals surface area contributed by atoms with Crippen LogP contribution in [0.1, 0.15) is 6.92 Å². The van der Waals surface area contributed by atoms with Crippen molar-refractivity contribution < 1.29 is 4.92 Å². The Kier molecular flexibility index (Phi) is 4.72. The van der Waals surface area contributed by atoms with Crippen LogP contribution in [0.25, 0.3) is 0 Å². The summed E-state index contributed by atoms with van der Waals surface area (Å²) in [5.41, 5.74) is 6.72. The summed E-state index contributed by atoms with van der Waals surface area (Å²) >= 11 is 9.28. The van der Waals surface area contributed by atoms with Gasteiger partial charge in [0.2, 0.25) is 0 Å². The number of anilines is 2. The van der Waals surface area contributed by atoms with Gasteiger partial charge in [-0.25, -0.2) is 0 Å². The van der Waals surface area contributed by atoms with Crippen molar-refractivity contribution in [2.45, 2.75) is 6.92 Å². The molecule has 1 aromatic rings. The first-order valence-electron chi connectivity index (χ1n) is 6.34. The standard InChI is InChI=1S/C12H16BrClN4O2/c1-2-16-3-5-17(6-4-16)12-9(18(19)20)7-8(14)11(15)10(12)13/h7H,2-6,15H2,1H3. The highest BCUT2D eigenvalue weighted by Crippen LogP contribution is 2.43. The molecule has 2 N–H and O–H groups in total. The predicted octanol–water partition coefficient (Wildman–Crippen LogP) is 2.73. The molecular weight excluding hydrogens is 348 g/mol.